The minimum atomic E-state index is 0.818. The van der Waals surface area contributed by atoms with Crippen LogP contribution in [0.15, 0.2) is 0 Å². The zero-order valence-electron chi connectivity index (χ0n) is 11.0. The van der Waals surface area contributed by atoms with E-state index in [9.17, 15) is 0 Å². The van der Waals surface area contributed by atoms with Crippen molar-refractivity contribution in [1.82, 2.24) is 0 Å². The zero-order valence-corrected chi connectivity index (χ0v) is 11.0. The minimum absolute atomic E-state index is 0.818. The van der Waals surface area contributed by atoms with Crippen molar-refractivity contribution >= 4 is 0 Å². The lowest BCUT2D eigenvalue weighted by atomic mass is 9.47. The fourth-order valence-corrected chi connectivity index (χ4v) is 6.39. The Morgan fingerprint density at radius 2 is 1.29 bits per heavy atom. The molecule has 0 amide bonds. The second kappa shape index (κ2) is 3.73. The van der Waals surface area contributed by atoms with Crippen molar-refractivity contribution in [2.75, 3.05) is 6.54 Å². The number of hydrogen-bond acceptors (Lipinski definition) is 1. The maximum Gasteiger partial charge on any atom is -0.00487 e. The first-order chi connectivity index (χ1) is 8.25. The Hall–Kier alpha value is -0.0400. The third-order valence-corrected chi connectivity index (χ3v) is 6.55. The molecular weight excluding hydrogens is 206 g/mol. The van der Waals surface area contributed by atoms with Crippen LogP contribution in [0, 0.1) is 35.0 Å². The molecule has 0 aromatic carbocycles. The van der Waals surface area contributed by atoms with E-state index in [1.54, 1.807) is 44.9 Å². The van der Waals surface area contributed by atoms with Gasteiger partial charge in [-0.2, -0.15) is 0 Å². The first-order valence-electron chi connectivity index (χ1n) is 7.95. The Morgan fingerprint density at radius 1 is 0.765 bits per heavy atom. The Morgan fingerprint density at radius 3 is 1.76 bits per heavy atom. The van der Waals surface area contributed by atoms with E-state index < -0.39 is 0 Å². The van der Waals surface area contributed by atoms with Crippen LogP contribution in [0.1, 0.15) is 57.8 Å². The van der Waals surface area contributed by atoms with E-state index in [4.69, 9.17) is 5.73 Å². The van der Waals surface area contributed by atoms with Crippen LogP contribution in [0.25, 0.3) is 0 Å². The highest BCUT2D eigenvalue weighted by molar-refractivity contribution is 5.02. The average molecular weight is 233 g/mol. The fourth-order valence-electron chi connectivity index (χ4n) is 6.39. The molecule has 5 fully saturated rings. The molecule has 0 aliphatic heterocycles. The molecule has 0 spiro atoms. The van der Waals surface area contributed by atoms with Crippen molar-refractivity contribution in [1.29, 1.82) is 0 Å². The van der Waals surface area contributed by atoms with Gasteiger partial charge in [-0.05, 0) is 99.3 Å². The molecule has 0 heterocycles. The second-order valence-electron chi connectivity index (χ2n) is 8.06. The maximum atomic E-state index is 5.76. The number of nitrogens with two attached hydrogens (primary N) is 1. The summed E-state index contributed by atoms with van der Waals surface area (Å²) in [6.45, 7) is 0.942. The van der Waals surface area contributed by atoms with Crippen molar-refractivity contribution in [3.8, 4) is 0 Å². The molecule has 17 heavy (non-hydrogen) atoms. The summed E-state index contributed by atoms with van der Waals surface area (Å²) in [5.74, 6) is 5.33. The van der Waals surface area contributed by atoms with Gasteiger partial charge in [0.1, 0.15) is 0 Å². The molecule has 2 N–H and O–H groups in total. The van der Waals surface area contributed by atoms with Gasteiger partial charge >= 0.3 is 0 Å². The van der Waals surface area contributed by atoms with Crippen molar-refractivity contribution in [3.63, 3.8) is 0 Å². The first-order valence-corrected chi connectivity index (χ1v) is 7.95. The Bertz CT molecular complexity index is 267. The van der Waals surface area contributed by atoms with Gasteiger partial charge in [0, 0.05) is 0 Å². The van der Waals surface area contributed by atoms with Crippen LogP contribution in [-0.2, 0) is 0 Å². The lowest BCUT2D eigenvalue weighted by molar-refractivity contribution is -0.0747. The standard InChI is InChI=1S/C16H27N/c17-10-15-4-14(5-15)9-16-6-11-1-12(7-16)3-13(2-11)8-16/h11-15H,1-10,17H2. The molecule has 4 bridgehead atoms. The Labute approximate surface area is 106 Å². The van der Waals surface area contributed by atoms with Crippen LogP contribution in [0.4, 0.5) is 0 Å². The van der Waals surface area contributed by atoms with Crippen molar-refractivity contribution in [2.24, 2.45) is 40.7 Å². The molecule has 0 radical (unpaired) electrons. The van der Waals surface area contributed by atoms with E-state index >= 15 is 0 Å². The summed E-state index contributed by atoms with van der Waals surface area (Å²) in [5.41, 5.74) is 6.58. The molecule has 0 aromatic heterocycles. The van der Waals surface area contributed by atoms with E-state index in [1.807, 2.05) is 0 Å². The van der Waals surface area contributed by atoms with Gasteiger partial charge in [-0.3, -0.25) is 0 Å². The largest absolute Gasteiger partial charge is 0.330 e. The van der Waals surface area contributed by atoms with Gasteiger partial charge in [0.25, 0.3) is 0 Å². The monoisotopic (exact) mass is 233 g/mol. The van der Waals surface area contributed by atoms with Crippen LogP contribution in [0.3, 0.4) is 0 Å². The molecule has 5 rings (SSSR count). The van der Waals surface area contributed by atoms with E-state index in [0.717, 1.165) is 41.5 Å². The molecule has 5 aliphatic rings. The summed E-state index contributed by atoms with van der Waals surface area (Å²) in [6.07, 6.45) is 14.1. The van der Waals surface area contributed by atoms with E-state index in [2.05, 4.69) is 0 Å². The molecule has 1 nitrogen and oxygen atoms in total. The molecular formula is C16H27N. The number of hydrogen-bond donors (Lipinski definition) is 1. The van der Waals surface area contributed by atoms with Crippen LogP contribution in [-0.4, -0.2) is 6.54 Å². The minimum Gasteiger partial charge on any atom is -0.330 e. The third kappa shape index (κ3) is 1.77. The summed E-state index contributed by atoms with van der Waals surface area (Å²) in [6, 6.07) is 0. The highest BCUT2D eigenvalue weighted by atomic mass is 14.6. The van der Waals surface area contributed by atoms with Crippen LogP contribution in [0.2, 0.25) is 0 Å². The molecule has 1 heteroatoms. The predicted octanol–water partition coefficient (Wildman–Crippen LogP) is 3.58. The molecule has 5 saturated carbocycles. The average Bonchev–Trinajstić information content (AvgIpc) is 2.20. The molecule has 0 unspecified atom stereocenters. The van der Waals surface area contributed by atoms with Gasteiger partial charge in [-0.25, -0.2) is 0 Å². The Balaban J connectivity index is 1.43. The summed E-state index contributed by atoms with van der Waals surface area (Å²) >= 11 is 0. The normalized spacial score (nSPS) is 55.9. The van der Waals surface area contributed by atoms with Crippen LogP contribution in [0.5, 0.6) is 0 Å². The highest BCUT2D eigenvalue weighted by Crippen LogP contribution is 2.63. The van der Waals surface area contributed by atoms with Gasteiger partial charge in [-0.15, -0.1) is 0 Å². The fraction of sp³-hybridized carbons (Fsp3) is 1.00. The lowest BCUT2D eigenvalue weighted by Crippen LogP contribution is -2.48. The molecule has 5 aliphatic carbocycles. The smallest absolute Gasteiger partial charge is 0.00487 e. The van der Waals surface area contributed by atoms with Crippen molar-refractivity contribution < 1.29 is 0 Å². The molecule has 96 valence electrons. The lowest BCUT2D eigenvalue weighted by Gasteiger charge is -2.58. The highest BCUT2D eigenvalue weighted by Gasteiger charge is 2.51. The summed E-state index contributed by atoms with van der Waals surface area (Å²) in [7, 11) is 0. The molecule has 0 saturated heterocycles. The van der Waals surface area contributed by atoms with E-state index in [1.165, 1.54) is 12.8 Å². The van der Waals surface area contributed by atoms with Gasteiger partial charge in [0.2, 0.25) is 0 Å². The number of rotatable bonds is 3. The maximum absolute atomic E-state index is 5.76. The van der Waals surface area contributed by atoms with Crippen molar-refractivity contribution in [2.45, 2.75) is 57.8 Å². The van der Waals surface area contributed by atoms with Gasteiger partial charge < -0.3 is 5.73 Å². The topological polar surface area (TPSA) is 26.0 Å². The van der Waals surface area contributed by atoms with Gasteiger partial charge in [0.15, 0.2) is 0 Å². The predicted molar refractivity (Wildman–Crippen MR) is 70.5 cm³/mol. The first kappa shape index (κ1) is 10.8. The summed E-state index contributed by atoms with van der Waals surface area (Å²) < 4.78 is 0. The van der Waals surface area contributed by atoms with Crippen LogP contribution < -0.4 is 5.73 Å². The summed E-state index contributed by atoms with van der Waals surface area (Å²) in [5, 5.41) is 0. The molecule has 0 atom stereocenters. The van der Waals surface area contributed by atoms with E-state index in [0.29, 0.717) is 0 Å². The van der Waals surface area contributed by atoms with Gasteiger partial charge in [0.05, 0.1) is 0 Å². The summed E-state index contributed by atoms with van der Waals surface area (Å²) in [4.78, 5) is 0. The molecule has 0 aromatic rings. The Kier molecular flexibility index (Phi) is 2.38. The van der Waals surface area contributed by atoms with Gasteiger partial charge in [-0.1, -0.05) is 0 Å². The van der Waals surface area contributed by atoms with Crippen molar-refractivity contribution in [3.05, 3.63) is 0 Å². The second-order valence-corrected chi connectivity index (χ2v) is 8.06. The zero-order chi connectivity index (χ0) is 11.5. The van der Waals surface area contributed by atoms with E-state index in [-0.39, 0.29) is 0 Å². The SMILES string of the molecule is NCC1CC(CC23CC4CC(CC(C4)C2)C3)C1. The quantitative estimate of drug-likeness (QED) is 0.792. The third-order valence-electron chi connectivity index (χ3n) is 6.55. The van der Waals surface area contributed by atoms with Crippen LogP contribution >= 0.6 is 0 Å².